The molecule has 0 fully saturated rings. The molecule has 0 aromatic rings. The first-order valence-corrected chi connectivity index (χ1v) is 1.28. The third kappa shape index (κ3) is 11000. The molecule has 0 saturated heterocycles. The topological polar surface area (TPSA) is 306 Å². The van der Waals surface area contributed by atoms with Crippen molar-refractivity contribution in [3.05, 3.63) is 0 Å². The summed E-state index contributed by atoms with van der Waals surface area (Å²) >= 11 is 0. The van der Waals surface area contributed by atoms with Crippen LogP contribution in [0.2, 0.25) is 0 Å². The molecule has 0 unspecified atom stereocenters. The zero-order chi connectivity index (χ0) is 14.0. The zero-order valence-electron chi connectivity index (χ0n) is 8.74. The summed E-state index contributed by atoms with van der Waals surface area (Å²) in [7, 11) is 0. The molecule has 21 heavy (non-hydrogen) atoms. The molecule has 0 bridgehead atoms. The van der Waals surface area contributed by atoms with Crippen LogP contribution in [0.4, 0.5) is 0 Å². The Balaban J connectivity index is -0.00000000215. The number of thiol groups is 3. The second-order valence-electron chi connectivity index (χ2n) is 0. The van der Waals surface area contributed by atoms with E-state index in [4.69, 9.17) is 71.6 Å². The van der Waals surface area contributed by atoms with Crippen LogP contribution in [0, 0.1) is 38.2 Å². The quantitative estimate of drug-likeness (QED) is 0.149. The summed E-state index contributed by atoms with van der Waals surface area (Å²) < 4.78 is 50.8. The first kappa shape index (κ1) is 155. The molecule has 0 saturated carbocycles. The van der Waals surface area contributed by atoms with Gasteiger partial charge < -0.3 is 40.5 Å². The Morgan fingerprint density at radius 3 is 0.286 bits per heavy atom. The summed E-state index contributed by atoms with van der Waals surface area (Å²) in [5.74, 6) is 0. The van der Waals surface area contributed by atoms with Crippen LogP contribution in [0.1, 0.15) is 0 Å². The molecule has 0 N–H and O–H groups in total. The zero-order valence-corrected chi connectivity index (χ0v) is 15.8. The van der Waals surface area contributed by atoms with Crippen molar-refractivity contribution in [2.45, 2.75) is 0 Å². The van der Waals surface area contributed by atoms with E-state index < -0.39 is 0 Å². The molecule has 0 aliphatic rings. The van der Waals surface area contributed by atoms with Crippen LogP contribution in [-0.4, -0.2) is 0 Å². The molecule has 0 aliphatic carbocycles. The van der Waals surface area contributed by atoms with Crippen molar-refractivity contribution in [2.24, 2.45) is 0 Å². The number of rotatable bonds is 0. The van der Waals surface area contributed by atoms with E-state index in [2.05, 4.69) is 0 Å². The van der Waals surface area contributed by atoms with Gasteiger partial charge in [-0.15, -0.1) is 0 Å². The fraction of sp³-hybridized carbons (Fsp3) is 0. The van der Waals surface area contributed by atoms with Gasteiger partial charge >= 0.3 is 88.7 Å². The molecule has 0 atom stereocenters. The molecular formula is H3Fe4N7O7S3+6. The van der Waals surface area contributed by atoms with Crippen LogP contribution in [0.15, 0.2) is 0 Å². The van der Waals surface area contributed by atoms with Gasteiger partial charge in [0.25, 0.3) is 0 Å². The second-order valence-corrected chi connectivity index (χ2v) is 0. The minimum absolute atomic E-state index is 0. The van der Waals surface area contributed by atoms with E-state index in [0.29, 0.717) is 0 Å². The minimum Gasteiger partial charge on any atom is -0.813 e. The predicted molar refractivity (Wildman–Crippen MR) is 43.2 cm³/mol. The van der Waals surface area contributed by atoms with Gasteiger partial charge in [0.2, 0.25) is 0 Å². The van der Waals surface area contributed by atoms with E-state index in [1.807, 2.05) is 0 Å². The van der Waals surface area contributed by atoms with Crippen LogP contribution in [0.25, 0.3) is 0 Å². The summed E-state index contributed by atoms with van der Waals surface area (Å²) in [5.41, 5.74) is 40.2. The van der Waals surface area contributed by atoms with Gasteiger partial charge in [-0.25, -0.2) is 0 Å². The molecule has 0 amide bonds. The normalized spacial score (nSPS) is 0.667. The molecule has 0 radical (unpaired) electrons. The van der Waals surface area contributed by atoms with Gasteiger partial charge in [-0.05, 0) is 0 Å². The summed E-state index contributed by atoms with van der Waals surface area (Å²) in [4.78, 5) is 0. The monoisotopic (exact) mass is 533 g/mol. The molecule has 0 heterocycles. The number of hydrogen-bond acceptors (Lipinski definition) is 10. The summed E-state index contributed by atoms with van der Waals surface area (Å²) in [5, 5.41) is 0. The fourth-order valence-electron chi connectivity index (χ4n) is 0. The minimum atomic E-state index is 0. The number of hydrogen-bond donors (Lipinski definition) is 0. The van der Waals surface area contributed by atoms with Crippen LogP contribution >= 0.6 is 0 Å². The van der Waals surface area contributed by atoms with Crippen molar-refractivity contribution >= 4 is 40.5 Å². The standard InChI is InChI=1S/4Fe.7NO.3H2S/c;;;;7*1-2;;;/h;;;;;;;;;;;3*1H2/q;;;+2;7*+1;;;/p-3. The largest absolute Gasteiger partial charge is 2.00 e. The van der Waals surface area contributed by atoms with Crippen molar-refractivity contribution in [2.75, 3.05) is 0 Å². The molecule has 0 spiro atoms. The average Bonchev–Trinajstić information content (AvgIpc) is 2.45. The van der Waals surface area contributed by atoms with E-state index in [9.17, 15) is 0 Å². The maximum absolute atomic E-state index is 7.25. The van der Waals surface area contributed by atoms with E-state index in [1.165, 1.54) is 0 Å². The van der Waals surface area contributed by atoms with Gasteiger partial charge in [-0.3, -0.25) is 0 Å². The predicted octanol–water partition coefficient (Wildman–Crippen LogP) is -1.55. The van der Waals surface area contributed by atoms with Crippen LogP contribution < -0.4 is 0 Å². The summed E-state index contributed by atoms with van der Waals surface area (Å²) in [6, 6.07) is 0. The Bertz CT molecular complexity index is 132. The Kier molecular flexibility index (Phi) is 90000. The molecule has 124 valence electrons. The molecule has 0 aromatic carbocycles. The van der Waals surface area contributed by atoms with Gasteiger partial charge in [0, 0.05) is 51.2 Å². The van der Waals surface area contributed by atoms with Gasteiger partial charge in [-0.2, -0.15) is 0 Å². The smallest absolute Gasteiger partial charge is 0.813 e. The Morgan fingerprint density at radius 2 is 0.286 bits per heavy atom. The number of nitrogens with zero attached hydrogens (tertiary/aromatic N) is 7. The molecular weight excluding hydrogens is 530 g/mol. The molecule has 14 nitrogen and oxygen atoms in total. The van der Waals surface area contributed by atoms with E-state index >= 15 is 0 Å². The average molecular weight is 533 g/mol. The maximum atomic E-state index is 7.25. The van der Waals surface area contributed by atoms with Crippen molar-refractivity contribution in [1.82, 2.24) is 0 Å². The second kappa shape index (κ2) is 12200. The van der Waals surface area contributed by atoms with Crippen molar-refractivity contribution < 1.29 is 102 Å². The van der Waals surface area contributed by atoms with Crippen molar-refractivity contribution in [3.8, 4) is 0 Å². The molecule has 21 heteroatoms. The fourth-order valence-corrected chi connectivity index (χ4v) is 0. The van der Waals surface area contributed by atoms with Crippen LogP contribution in [-0.2, 0) is 142 Å². The van der Waals surface area contributed by atoms with Crippen LogP contribution in [0.5, 0.6) is 0 Å². The van der Waals surface area contributed by atoms with Crippen molar-refractivity contribution in [1.29, 1.82) is 38.2 Å². The molecule has 0 aromatic heterocycles. The van der Waals surface area contributed by atoms with E-state index in [0.717, 1.165) is 0 Å². The van der Waals surface area contributed by atoms with E-state index in [-0.39, 0.29) is 109 Å². The first-order chi connectivity index (χ1) is 7.00. The van der Waals surface area contributed by atoms with E-state index in [1.54, 1.807) is 0 Å². The van der Waals surface area contributed by atoms with Crippen LogP contribution in [0.3, 0.4) is 0 Å². The first-order valence-electron chi connectivity index (χ1n) is 1.28. The molecule has 0 aliphatic heterocycles. The van der Waals surface area contributed by atoms with Crippen molar-refractivity contribution in [3.63, 3.8) is 0 Å². The third-order valence-corrected chi connectivity index (χ3v) is 0. The SMILES string of the molecule is N#[O+].N#[O+].N#[O+].N#[O+].N#[O+].N#[O+].N#[O+].[Fe+2].[Fe].[Fe].[Fe].[SH-].[SH-].[SH-]. The Labute approximate surface area is 179 Å². The Hall–Kier alpha value is 0.818. The summed E-state index contributed by atoms with van der Waals surface area (Å²) in [6.45, 7) is 0. The van der Waals surface area contributed by atoms with Gasteiger partial charge in [-0.1, -0.05) is 0 Å². The van der Waals surface area contributed by atoms with Gasteiger partial charge in [0.05, 0.1) is 0 Å². The molecule has 0 rings (SSSR count). The maximum Gasteiger partial charge on any atom is 2.00 e. The van der Waals surface area contributed by atoms with Gasteiger partial charge in [0.15, 0.2) is 0 Å². The Morgan fingerprint density at radius 1 is 0.286 bits per heavy atom. The van der Waals surface area contributed by atoms with Gasteiger partial charge in [0.1, 0.15) is 0 Å². The third-order valence-electron chi connectivity index (χ3n) is 0. The summed E-state index contributed by atoms with van der Waals surface area (Å²) in [6.07, 6.45) is 0.